The van der Waals surface area contributed by atoms with Crippen LogP contribution in [-0.4, -0.2) is 23.5 Å². The number of nitrogens with one attached hydrogen (secondary N) is 1. The largest absolute Gasteiger partial charge is 0.480 e. The molecule has 1 aromatic rings. The Labute approximate surface area is 98.6 Å². The first-order valence-corrected chi connectivity index (χ1v) is 5.04. The van der Waals surface area contributed by atoms with Crippen molar-refractivity contribution in [3.05, 3.63) is 33.1 Å². The average molecular weight is 323 g/mol. The summed E-state index contributed by atoms with van der Waals surface area (Å²) in [6.45, 7) is -0.525. The molecule has 0 aliphatic carbocycles. The van der Waals surface area contributed by atoms with Crippen molar-refractivity contribution in [1.82, 2.24) is 5.32 Å². The Morgan fingerprint density at radius 1 is 1.47 bits per heavy atom. The summed E-state index contributed by atoms with van der Waals surface area (Å²) in [6.07, 6.45) is 0. The van der Waals surface area contributed by atoms with E-state index in [2.05, 4.69) is 5.32 Å². The molecule has 4 nitrogen and oxygen atoms in total. The number of carbonyl (C=O) groups excluding carboxylic acids is 1. The first-order chi connectivity index (χ1) is 7.02. The Morgan fingerprint density at radius 2 is 2.13 bits per heavy atom. The minimum Gasteiger partial charge on any atom is -0.480 e. The first-order valence-electron chi connectivity index (χ1n) is 3.96. The number of aliphatic carboxylic acids is 1. The van der Waals surface area contributed by atoms with Gasteiger partial charge in [0, 0.05) is 3.57 Å². The van der Waals surface area contributed by atoms with Gasteiger partial charge in [-0.05, 0) is 34.7 Å². The van der Waals surface area contributed by atoms with E-state index in [-0.39, 0.29) is 5.56 Å². The molecule has 0 atom stereocenters. The van der Waals surface area contributed by atoms with Gasteiger partial charge in [-0.3, -0.25) is 9.59 Å². The second kappa shape index (κ2) is 5.06. The molecule has 0 aromatic heterocycles. The van der Waals surface area contributed by atoms with E-state index < -0.39 is 24.2 Å². The van der Waals surface area contributed by atoms with E-state index in [1.54, 1.807) is 6.07 Å². The molecule has 0 unspecified atom stereocenters. The van der Waals surface area contributed by atoms with E-state index >= 15 is 0 Å². The van der Waals surface area contributed by atoms with Crippen LogP contribution in [0.2, 0.25) is 0 Å². The van der Waals surface area contributed by atoms with Gasteiger partial charge in [0.15, 0.2) is 0 Å². The summed E-state index contributed by atoms with van der Waals surface area (Å²) in [5.74, 6) is -2.56. The van der Waals surface area contributed by atoms with Gasteiger partial charge in [0.25, 0.3) is 5.91 Å². The summed E-state index contributed by atoms with van der Waals surface area (Å²) in [4.78, 5) is 21.6. The number of halogens is 2. The highest BCUT2D eigenvalue weighted by atomic mass is 127. The molecule has 0 radical (unpaired) electrons. The van der Waals surface area contributed by atoms with E-state index in [1.807, 2.05) is 22.6 Å². The van der Waals surface area contributed by atoms with Crippen LogP contribution < -0.4 is 5.32 Å². The standard InChI is InChI=1S/C9H7FINO3/c10-5-2-1-3-6(11)8(5)9(15)12-4-7(13)14/h1-3H,4H2,(H,12,15)(H,13,14). The lowest BCUT2D eigenvalue weighted by Crippen LogP contribution is -2.30. The zero-order valence-corrected chi connectivity index (χ0v) is 9.62. The van der Waals surface area contributed by atoms with Gasteiger partial charge in [-0.15, -0.1) is 0 Å². The zero-order valence-electron chi connectivity index (χ0n) is 7.46. The molecule has 15 heavy (non-hydrogen) atoms. The predicted octanol–water partition coefficient (Wildman–Crippen LogP) is 1.24. The number of carboxylic acids is 1. The second-order valence-electron chi connectivity index (χ2n) is 2.67. The molecule has 80 valence electrons. The molecule has 0 bridgehead atoms. The quantitative estimate of drug-likeness (QED) is 0.823. The fourth-order valence-corrected chi connectivity index (χ4v) is 1.67. The molecular weight excluding hydrogens is 316 g/mol. The zero-order chi connectivity index (χ0) is 11.4. The Kier molecular flexibility index (Phi) is 4.01. The summed E-state index contributed by atoms with van der Waals surface area (Å²) in [5.41, 5.74) is -0.126. The van der Waals surface area contributed by atoms with Crippen LogP contribution in [0.15, 0.2) is 18.2 Å². The maximum absolute atomic E-state index is 13.2. The van der Waals surface area contributed by atoms with E-state index in [0.717, 1.165) is 6.07 Å². The average Bonchev–Trinajstić information content (AvgIpc) is 2.14. The fourth-order valence-electron chi connectivity index (χ4n) is 0.959. The molecular formula is C9H7FINO3. The monoisotopic (exact) mass is 323 g/mol. The number of hydrogen-bond acceptors (Lipinski definition) is 2. The molecule has 0 saturated carbocycles. The minimum atomic E-state index is -1.17. The van der Waals surface area contributed by atoms with Crippen LogP contribution in [0.25, 0.3) is 0 Å². The Balaban J connectivity index is 2.86. The topological polar surface area (TPSA) is 66.4 Å². The number of carbonyl (C=O) groups is 2. The molecule has 1 amide bonds. The SMILES string of the molecule is O=C(O)CNC(=O)c1c(F)cccc1I. The van der Waals surface area contributed by atoms with Crippen molar-refractivity contribution in [3.63, 3.8) is 0 Å². The van der Waals surface area contributed by atoms with Crippen LogP contribution in [0, 0.1) is 9.39 Å². The van der Waals surface area contributed by atoms with Crippen molar-refractivity contribution in [2.75, 3.05) is 6.54 Å². The molecule has 0 spiro atoms. The van der Waals surface area contributed by atoms with Crippen molar-refractivity contribution in [2.24, 2.45) is 0 Å². The second-order valence-corrected chi connectivity index (χ2v) is 3.84. The van der Waals surface area contributed by atoms with Crippen LogP contribution in [0.5, 0.6) is 0 Å². The van der Waals surface area contributed by atoms with Gasteiger partial charge in [0.1, 0.15) is 12.4 Å². The third-order valence-electron chi connectivity index (χ3n) is 1.59. The fraction of sp³-hybridized carbons (Fsp3) is 0.111. The van der Waals surface area contributed by atoms with Crippen molar-refractivity contribution >= 4 is 34.5 Å². The number of rotatable bonds is 3. The molecule has 0 aliphatic heterocycles. The van der Waals surface area contributed by atoms with E-state index in [9.17, 15) is 14.0 Å². The molecule has 0 fully saturated rings. The maximum Gasteiger partial charge on any atom is 0.322 e. The predicted molar refractivity (Wildman–Crippen MR) is 59.1 cm³/mol. The lowest BCUT2D eigenvalue weighted by molar-refractivity contribution is -0.135. The lowest BCUT2D eigenvalue weighted by Gasteiger charge is -2.05. The van der Waals surface area contributed by atoms with Gasteiger partial charge >= 0.3 is 5.97 Å². The third kappa shape index (κ3) is 3.15. The molecule has 6 heteroatoms. The lowest BCUT2D eigenvalue weighted by atomic mass is 10.2. The van der Waals surface area contributed by atoms with Gasteiger partial charge in [0.05, 0.1) is 5.56 Å². The normalized spacial score (nSPS) is 9.73. The Bertz CT molecular complexity index is 388. The summed E-state index contributed by atoms with van der Waals surface area (Å²) in [5, 5.41) is 10.4. The third-order valence-corrected chi connectivity index (χ3v) is 2.49. The van der Waals surface area contributed by atoms with Crippen LogP contribution in [0.1, 0.15) is 10.4 Å². The Morgan fingerprint density at radius 3 is 2.67 bits per heavy atom. The highest BCUT2D eigenvalue weighted by molar-refractivity contribution is 14.1. The van der Waals surface area contributed by atoms with Crippen LogP contribution >= 0.6 is 22.6 Å². The maximum atomic E-state index is 13.2. The number of benzene rings is 1. The van der Waals surface area contributed by atoms with Crippen LogP contribution in [-0.2, 0) is 4.79 Å². The van der Waals surface area contributed by atoms with Crippen LogP contribution in [0.3, 0.4) is 0 Å². The highest BCUT2D eigenvalue weighted by Gasteiger charge is 2.15. The van der Waals surface area contributed by atoms with Crippen molar-refractivity contribution in [1.29, 1.82) is 0 Å². The number of hydrogen-bond donors (Lipinski definition) is 2. The van der Waals surface area contributed by atoms with Gasteiger partial charge in [0.2, 0.25) is 0 Å². The highest BCUT2D eigenvalue weighted by Crippen LogP contribution is 2.15. The van der Waals surface area contributed by atoms with Gasteiger partial charge in [-0.2, -0.15) is 0 Å². The minimum absolute atomic E-state index is 0.126. The molecule has 1 aromatic carbocycles. The summed E-state index contributed by atoms with van der Waals surface area (Å²) >= 11 is 1.81. The summed E-state index contributed by atoms with van der Waals surface area (Å²) in [6, 6.07) is 4.20. The molecule has 0 aliphatic rings. The molecule has 1 rings (SSSR count). The summed E-state index contributed by atoms with van der Waals surface area (Å²) in [7, 11) is 0. The van der Waals surface area contributed by atoms with E-state index in [0.29, 0.717) is 3.57 Å². The van der Waals surface area contributed by atoms with Crippen molar-refractivity contribution in [2.45, 2.75) is 0 Å². The smallest absolute Gasteiger partial charge is 0.322 e. The van der Waals surface area contributed by atoms with Crippen LogP contribution in [0.4, 0.5) is 4.39 Å². The number of amides is 1. The first kappa shape index (κ1) is 11.9. The molecule has 2 N–H and O–H groups in total. The molecule has 0 heterocycles. The Hall–Kier alpha value is -1.18. The molecule has 0 saturated heterocycles. The van der Waals surface area contributed by atoms with E-state index in [1.165, 1.54) is 6.07 Å². The van der Waals surface area contributed by atoms with E-state index in [4.69, 9.17) is 5.11 Å². The van der Waals surface area contributed by atoms with Gasteiger partial charge in [-0.25, -0.2) is 4.39 Å². The van der Waals surface area contributed by atoms with Crippen molar-refractivity contribution in [3.8, 4) is 0 Å². The van der Waals surface area contributed by atoms with Gasteiger partial charge in [-0.1, -0.05) is 6.07 Å². The van der Waals surface area contributed by atoms with Crippen molar-refractivity contribution < 1.29 is 19.1 Å². The number of carboxylic acid groups (broad SMARTS) is 1. The van der Waals surface area contributed by atoms with Gasteiger partial charge < -0.3 is 10.4 Å². The summed E-state index contributed by atoms with van der Waals surface area (Å²) < 4.78 is 13.7.